The highest BCUT2D eigenvalue weighted by Crippen LogP contribution is 2.45. The second-order valence-electron chi connectivity index (χ2n) is 31.8. The predicted molar refractivity (Wildman–Crippen MR) is 437 cm³/mol. The van der Waals surface area contributed by atoms with E-state index in [1.54, 1.807) is 0 Å². The van der Waals surface area contributed by atoms with Crippen LogP contribution in [0.4, 0.5) is 0 Å². The first-order chi connectivity index (χ1) is 51.5. The molecule has 0 aromatic carbocycles. The van der Waals surface area contributed by atoms with E-state index < -0.39 is 97.5 Å². The molecule has 3 N–H and O–H groups in total. The number of carbonyl (C=O) groups excluding carboxylic acids is 4. The maximum Gasteiger partial charge on any atom is 0.472 e. The average molecular weight is 1550 g/mol. The number of esters is 4. The first-order valence-corrected chi connectivity index (χ1v) is 48.1. The van der Waals surface area contributed by atoms with Crippen LogP contribution in [0.3, 0.4) is 0 Å². The highest BCUT2D eigenvalue weighted by atomic mass is 31.2. The van der Waals surface area contributed by atoms with Crippen molar-refractivity contribution in [1.82, 2.24) is 0 Å². The molecular formula is C87H170O17P2. The van der Waals surface area contributed by atoms with Gasteiger partial charge in [0, 0.05) is 25.7 Å². The van der Waals surface area contributed by atoms with Crippen LogP contribution in [0.15, 0.2) is 0 Å². The summed E-state index contributed by atoms with van der Waals surface area (Å²) in [6.07, 6.45) is 73.9. The molecule has 2 unspecified atom stereocenters. The molecule has 0 heterocycles. The maximum absolute atomic E-state index is 13.2. The number of unbranched alkanes of at least 4 members (excludes halogenated alkanes) is 59. The number of hydrogen-bond acceptors (Lipinski definition) is 15. The van der Waals surface area contributed by atoms with Crippen molar-refractivity contribution >= 4 is 39.5 Å². The van der Waals surface area contributed by atoms with E-state index in [9.17, 15) is 43.2 Å². The third kappa shape index (κ3) is 80.1. The van der Waals surface area contributed by atoms with Crippen molar-refractivity contribution in [1.29, 1.82) is 0 Å². The summed E-state index contributed by atoms with van der Waals surface area (Å²) in [4.78, 5) is 73.2. The van der Waals surface area contributed by atoms with E-state index in [-0.39, 0.29) is 25.7 Å². The molecule has 0 aromatic heterocycles. The highest BCUT2D eigenvalue weighted by Gasteiger charge is 2.30. The molecule has 17 nitrogen and oxygen atoms in total. The molecule has 19 heteroatoms. The number of rotatable bonds is 87. The largest absolute Gasteiger partial charge is 0.472 e. The van der Waals surface area contributed by atoms with Gasteiger partial charge in [0.2, 0.25) is 0 Å². The van der Waals surface area contributed by atoms with E-state index in [1.807, 2.05) is 0 Å². The SMILES string of the molecule is CCCCCCCCCCCCCCCCCCCCCCCCC(=O)O[C@H](COC(=O)CCCCCCCCCCCCCCCCCCCCC)COP(=O)(O)OC[C@@H](O)COP(=O)(O)OC[C@@H](COC(=O)CCCCCCCCC(C)C)OC(=O)CCCCCCCCCCCCCCCCCC. The minimum atomic E-state index is -4.97. The lowest BCUT2D eigenvalue weighted by Gasteiger charge is -2.21. The fourth-order valence-corrected chi connectivity index (χ4v) is 15.2. The number of phosphoric acid groups is 2. The molecule has 0 amide bonds. The Kier molecular flexibility index (Phi) is 78.2. The van der Waals surface area contributed by atoms with E-state index in [0.29, 0.717) is 31.6 Å². The molecular weight excluding hydrogens is 1380 g/mol. The van der Waals surface area contributed by atoms with Crippen LogP contribution >= 0.6 is 15.6 Å². The number of ether oxygens (including phenoxy) is 4. The zero-order chi connectivity index (χ0) is 77.6. The van der Waals surface area contributed by atoms with Gasteiger partial charge in [0.25, 0.3) is 0 Å². The van der Waals surface area contributed by atoms with Gasteiger partial charge in [0.15, 0.2) is 12.2 Å². The van der Waals surface area contributed by atoms with E-state index in [2.05, 4.69) is 34.6 Å². The Morgan fingerprint density at radius 2 is 0.434 bits per heavy atom. The Hall–Kier alpha value is -1.94. The minimum Gasteiger partial charge on any atom is -0.462 e. The first kappa shape index (κ1) is 104. The van der Waals surface area contributed by atoms with Gasteiger partial charge in [-0.15, -0.1) is 0 Å². The second-order valence-corrected chi connectivity index (χ2v) is 34.7. The van der Waals surface area contributed by atoms with E-state index in [1.165, 1.54) is 289 Å². The van der Waals surface area contributed by atoms with Gasteiger partial charge < -0.3 is 33.8 Å². The number of aliphatic hydroxyl groups excluding tert-OH is 1. The molecule has 5 atom stereocenters. The van der Waals surface area contributed by atoms with Gasteiger partial charge in [-0.05, 0) is 31.6 Å². The molecule has 630 valence electrons. The third-order valence-electron chi connectivity index (χ3n) is 20.5. The molecule has 0 spiro atoms. The molecule has 0 aliphatic carbocycles. The van der Waals surface area contributed by atoms with Crippen LogP contribution in [0.25, 0.3) is 0 Å². The quantitative estimate of drug-likeness (QED) is 0.0222. The first-order valence-electron chi connectivity index (χ1n) is 45.1. The molecule has 0 bridgehead atoms. The van der Waals surface area contributed by atoms with Gasteiger partial charge in [0.1, 0.15) is 19.3 Å². The van der Waals surface area contributed by atoms with Crippen LogP contribution in [0.5, 0.6) is 0 Å². The van der Waals surface area contributed by atoms with Crippen molar-refractivity contribution in [3.05, 3.63) is 0 Å². The van der Waals surface area contributed by atoms with Crippen LogP contribution in [0, 0.1) is 5.92 Å². The number of carbonyl (C=O) groups is 4. The summed E-state index contributed by atoms with van der Waals surface area (Å²) >= 11 is 0. The summed E-state index contributed by atoms with van der Waals surface area (Å²) < 4.78 is 68.9. The average Bonchev–Trinajstić information content (AvgIpc) is 0.906. The van der Waals surface area contributed by atoms with Crippen molar-refractivity contribution in [2.45, 2.75) is 490 Å². The Morgan fingerprint density at radius 3 is 0.642 bits per heavy atom. The summed E-state index contributed by atoms with van der Waals surface area (Å²) in [5.74, 6) is -1.42. The third-order valence-corrected chi connectivity index (χ3v) is 22.4. The van der Waals surface area contributed by atoms with Crippen LogP contribution < -0.4 is 0 Å². The predicted octanol–water partition coefficient (Wildman–Crippen LogP) is 26.8. The fourth-order valence-electron chi connectivity index (χ4n) is 13.6. The summed E-state index contributed by atoms with van der Waals surface area (Å²) in [6, 6.07) is 0. The fraction of sp³-hybridized carbons (Fsp3) is 0.954. The summed E-state index contributed by atoms with van der Waals surface area (Å²) in [5.41, 5.74) is 0. The standard InChI is InChI=1S/C87H170O17P2/c1-6-9-12-15-18-21-24-27-30-33-35-36-37-39-41-44-47-50-53-56-63-68-72-86(91)103-82(76-97-84(89)70-65-60-54-51-48-45-43-40-38-34-31-28-25-22-19-16-13-10-7-2)78-101-105(93,94)99-74-81(88)75-100-106(95,96)102-79-83(77-98-85(90)71-66-61-58-57-59-64-69-80(4)5)104-87(92)73-67-62-55-52-49-46-42-32-29-26-23-20-17-14-11-8-3/h80-83,88H,6-79H2,1-5H3,(H,93,94)(H,95,96)/t81-,82-,83-/m1/s1. The lowest BCUT2D eigenvalue weighted by atomic mass is 10.0. The van der Waals surface area contributed by atoms with Gasteiger partial charge in [-0.2, -0.15) is 0 Å². The second kappa shape index (κ2) is 79.7. The van der Waals surface area contributed by atoms with Crippen LogP contribution in [-0.4, -0.2) is 96.7 Å². The summed E-state index contributed by atoms with van der Waals surface area (Å²) in [7, 11) is -9.93. The van der Waals surface area contributed by atoms with Crippen LogP contribution in [0.2, 0.25) is 0 Å². The number of hydrogen-bond donors (Lipinski definition) is 3. The van der Waals surface area contributed by atoms with Gasteiger partial charge in [-0.25, -0.2) is 9.13 Å². The lowest BCUT2D eigenvalue weighted by molar-refractivity contribution is -0.161. The van der Waals surface area contributed by atoms with E-state index >= 15 is 0 Å². The molecule has 0 saturated carbocycles. The van der Waals surface area contributed by atoms with E-state index in [4.69, 9.17) is 37.0 Å². The van der Waals surface area contributed by atoms with Crippen molar-refractivity contribution in [2.24, 2.45) is 5.92 Å². The monoisotopic (exact) mass is 1550 g/mol. The smallest absolute Gasteiger partial charge is 0.462 e. The molecule has 0 radical (unpaired) electrons. The van der Waals surface area contributed by atoms with Gasteiger partial charge >= 0.3 is 39.5 Å². The maximum atomic E-state index is 13.2. The molecule has 0 aliphatic heterocycles. The molecule has 0 saturated heterocycles. The summed E-state index contributed by atoms with van der Waals surface area (Å²) in [6.45, 7) is 7.28. The number of phosphoric ester groups is 2. The van der Waals surface area contributed by atoms with Crippen LogP contribution in [-0.2, 0) is 65.4 Å². The van der Waals surface area contributed by atoms with Gasteiger partial charge in [0.05, 0.1) is 26.4 Å². The normalized spacial score (nSPS) is 13.7. The zero-order valence-corrected chi connectivity index (χ0v) is 71.4. The molecule has 0 aromatic rings. The Balaban J connectivity index is 5.20. The van der Waals surface area contributed by atoms with Gasteiger partial charge in [-0.1, -0.05) is 420 Å². The van der Waals surface area contributed by atoms with Crippen molar-refractivity contribution in [2.75, 3.05) is 39.6 Å². The highest BCUT2D eigenvalue weighted by molar-refractivity contribution is 7.47. The molecule has 0 rings (SSSR count). The zero-order valence-electron chi connectivity index (χ0n) is 69.6. The Morgan fingerprint density at radius 1 is 0.255 bits per heavy atom. The minimum absolute atomic E-state index is 0.108. The Labute approximate surface area is 651 Å². The molecule has 0 fully saturated rings. The van der Waals surface area contributed by atoms with Crippen molar-refractivity contribution in [3.8, 4) is 0 Å². The van der Waals surface area contributed by atoms with Gasteiger partial charge in [-0.3, -0.25) is 37.3 Å². The van der Waals surface area contributed by atoms with E-state index in [0.717, 1.165) is 96.3 Å². The Bertz CT molecular complexity index is 2010. The number of aliphatic hydroxyl groups is 1. The molecule has 106 heavy (non-hydrogen) atoms. The van der Waals surface area contributed by atoms with Crippen LogP contribution in [0.1, 0.15) is 471 Å². The van der Waals surface area contributed by atoms with Crippen molar-refractivity contribution < 1.29 is 80.2 Å². The topological polar surface area (TPSA) is 237 Å². The lowest BCUT2D eigenvalue weighted by Crippen LogP contribution is -2.30. The van der Waals surface area contributed by atoms with Crippen molar-refractivity contribution in [3.63, 3.8) is 0 Å². The molecule has 0 aliphatic rings. The summed E-state index contributed by atoms with van der Waals surface area (Å²) in [5, 5.41) is 10.7.